The highest BCUT2D eigenvalue weighted by Gasteiger charge is 2.17. The minimum atomic E-state index is -0.0828. The van der Waals surface area contributed by atoms with Gasteiger partial charge in [-0.3, -0.25) is 10.8 Å². The molecule has 0 spiro atoms. The van der Waals surface area contributed by atoms with E-state index in [9.17, 15) is 0 Å². The number of rotatable bonds is 3. The average Bonchev–Trinajstić information content (AvgIpc) is 2.62. The molecule has 0 amide bonds. The lowest BCUT2D eigenvalue weighted by Crippen LogP contribution is -2.29. The van der Waals surface area contributed by atoms with E-state index in [1.54, 1.807) is 0 Å². The maximum absolute atomic E-state index is 5.63. The molecule has 90 valence electrons. The van der Waals surface area contributed by atoms with Crippen molar-refractivity contribution in [2.24, 2.45) is 5.84 Å². The number of hydrazine groups is 1. The zero-order chi connectivity index (χ0) is 12.4. The van der Waals surface area contributed by atoms with Gasteiger partial charge in [0.25, 0.3) is 0 Å². The van der Waals surface area contributed by atoms with Gasteiger partial charge in [0.2, 0.25) is 0 Å². The van der Waals surface area contributed by atoms with Gasteiger partial charge < -0.3 is 4.42 Å². The van der Waals surface area contributed by atoms with Crippen molar-refractivity contribution in [1.82, 2.24) is 10.4 Å². The third-order valence-electron chi connectivity index (χ3n) is 2.82. The molecule has 0 aliphatic heterocycles. The minimum Gasteiger partial charge on any atom is -0.466 e. The number of pyridine rings is 1. The van der Waals surface area contributed by atoms with Crippen molar-refractivity contribution in [3.05, 3.63) is 52.7 Å². The van der Waals surface area contributed by atoms with Crippen molar-refractivity contribution in [3.8, 4) is 0 Å². The Morgan fingerprint density at radius 3 is 2.53 bits per heavy atom. The monoisotopic (exact) mass is 231 g/mol. The fourth-order valence-electron chi connectivity index (χ4n) is 1.95. The number of hydrogen-bond acceptors (Lipinski definition) is 4. The minimum absolute atomic E-state index is 0.0828. The molecule has 0 saturated carbocycles. The summed E-state index contributed by atoms with van der Waals surface area (Å²) in [5.74, 6) is 7.40. The predicted octanol–water partition coefficient (Wildman–Crippen LogP) is 2.15. The van der Waals surface area contributed by atoms with E-state index in [1.807, 2.05) is 45.2 Å². The van der Waals surface area contributed by atoms with Crippen LogP contribution in [0.4, 0.5) is 0 Å². The highest BCUT2D eigenvalue weighted by molar-refractivity contribution is 5.33. The maximum atomic E-state index is 5.63. The zero-order valence-corrected chi connectivity index (χ0v) is 10.3. The standard InChI is InChI=1S/C13H17N3O/c1-8-4-5-11(7-15-8)13(16-14)12-6-9(2)17-10(12)3/h4-7,13,16H,14H2,1-3H3. The first-order valence-electron chi connectivity index (χ1n) is 5.57. The molecule has 2 rings (SSSR count). The smallest absolute Gasteiger partial charge is 0.106 e. The lowest BCUT2D eigenvalue weighted by atomic mass is 10.0. The molecule has 0 aliphatic rings. The van der Waals surface area contributed by atoms with Crippen LogP contribution in [0.15, 0.2) is 28.8 Å². The van der Waals surface area contributed by atoms with Gasteiger partial charge in [-0.1, -0.05) is 6.07 Å². The van der Waals surface area contributed by atoms with Crippen LogP contribution in [0, 0.1) is 20.8 Å². The van der Waals surface area contributed by atoms with Crippen LogP contribution in [0.5, 0.6) is 0 Å². The summed E-state index contributed by atoms with van der Waals surface area (Å²) in [6.07, 6.45) is 1.83. The van der Waals surface area contributed by atoms with Gasteiger partial charge >= 0.3 is 0 Å². The van der Waals surface area contributed by atoms with E-state index in [2.05, 4.69) is 10.4 Å². The van der Waals surface area contributed by atoms with Crippen LogP contribution in [0.25, 0.3) is 0 Å². The molecule has 2 aromatic heterocycles. The van der Waals surface area contributed by atoms with Crippen molar-refractivity contribution >= 4 is 0 Å². The fourth-order valence-corrected chi connectivity index (χ4v) is 1.95. The Kier molecular flexibility index (Phi) is 3.26. The first-order chi connectivity index (χ1) is 8.11. The number of nitrogens with zero attached hydrogens (tertiary/aromatic N) is 1. The molecule has 3 N–H and O–H groups in total. The van der Waals surface area contributed by atoms with Crippen molar-refractivity contribution in [2.75, 3.05) is 0 Å². The Labute approximate surface area is 101 Å². The third-order valence-corrected chi connectivity index (χ3v) is 2.82. The van der Waals surface area contributed by atoms with Crippen molar-refractivity contribution in [3.63, 3.8) is 0 Å². The van der Waals surface area contributed by atoms with Gasteiger partial charge in [0.1, 0.15) is 11.5 Å². The molecule has 2 heterocycles. The summed E-state index contributed by atoms with van der Waals surface area (Å²) in [5.41, 5.74) is 5.88. The summed E-state index contributed by atoms with van der Waals surface area (Å²) < 4.78 is 5.53. The van der Waals surface area contributed by atoms with Gasteiger partial charge in [-0.25, -0.2) is 5.43 Å². The molecule has 4 heteroatoms. The first kappa shape index (κ1) is 11.8. The van der Waals surface area contributed by atoms with Gasteiger partial charge in [-0.15, -0.1) is 0 Å². The molecule has 0 aromatic carbocycles. The number of nitrogens with two attached hydrogens (primary N) is 1. The number of furan rings is 1. The van der Waals surface area contributed by atoms with Crippen LogP contribution in [0.3, 0.4) is 0 Å². The summed E-state index contributed by atoms with van der Waals surface area (Å²) in [6.45, 7) is 5.83. The normalized spacial score (nSPS) is 12.7. The van der Waals surface area contributed by atoms with E-state index in [4.69, 9.17) is 10.3 Å². The Bertz CT molecular complexity index is 502. The highest BCUT2D eigenvalue weighted by atomic mass is 16.3. The zero-order valence-electron chi connectivity index (χ0n) is 10.3. The fraction of sp³-hybridized carbons (Fsp3) is 0.308. The molecular weight excluding hydrogens is 214 g/mol. The molecule has 0 saturated heterocycles. The Morgan fingerprint density at radius 2 is 2.06 bits per heavy atom. The largest absolute Gasteiger partial charge is 0.466 e. The Morgan fingerprint density at radius 1 is 1.29 bits per heavy atom. The second-order valence-corrected chi connectivity index (χ2v) is 4.20. The van der Waals surface area contributed by atoms with E-state index in [-0.39, 0.29) is 6.04 Å². The predicted molar refractivity (Wildman–Crippen MR) is 66.3 cm³/mol. The van der Waals surface area contributed by atoms with E-state index in [1.165, 1.54) is 0 Å². The number of nitrogens with one attached hydrogen (secondary N) is 1. The molecule has 0 aliphatic carbocycles. The quantitative estimate of drug-likeness (QED) is 0.627. The number of aromatic nitrogens is 1. The van der Waals surface area contributed by atoms with Gasteiger partial charge in [-0.2, -0.15) is 0 Å². The molecule has 0 radical (unpaired) electrons. The van der Waals surface area contributed by atoms with Crippen LogP contribution in [0.2, 0.25) is 0 Å². The van der Waals surface area contributed by atoms with Gasteiger partial charge in [0.05, 0.1) is 6.04 Å². The maximum Gasteiger partial charge on any atom is 0.106 e. The summed E-state index contributed by atoms with van der Waals surface area (Å²) in [7, 11) is 0. The van der Waals surface area contributed by atoms with Crippen molar-refractivity contribution in [1.29, 1.82) is 0 Å². The summed E-state index contributed by atoms with van der Waals surface area (Å²) in [6, 6.07) is 5.91. The Hall–Kier alpha value is -1.65. The van der Waals surface area contributed by atoms with Gasteiger partial charge in [0.15, 0.2) is 0 Å². The van der Waals surface area contributed by atoms with E-state index >= 15 is 0 Å². The second kappa shape index (κ2) is 4.69. The lowest BCUT2D eigenvalue weighted by Gasteiger charge is -2.15. The second-order valence-electron chi connectivity index (χ2n) is 4.20. The number of hydrogen-bond donors (Lipinski definition) is 2. The van der Waals surface area contributed by atoms with E-state index in [0.29, 0.717) is 0 Å². The van der Waals surface area contributed by atoms with E-state index < -0.39 is 0 Å². The van der Waals surface area contributed by atoms with Crippen LogP contribution in [-0.2, 0) is 0 Å². The molecule has 4 nitrogen and oxygen atoms in total. The highest BCUT2D eigenvalue weighted by Crippen LogP contribution is 2.26. The van der Waals surface area contributed by atoms with Crippen molar-refractivity contribution in [2.45, 2.75) is 26.8 Å². The molecule has 0 bridgehead atoms. The molecule has 1 atom stereocenters. The topological polar surface area (TPSA) is 64.1 Å². The summed E-state index contributed by atoms with van der Waals surface area (Å²) in [5, 5.41) is 0. The van der Waals surface area contributed by atoms with E-state index in [0.717, 1.165) is 28.3 Å². The third kappa shape index (κ3) is 2.38. The summed E-state index contributed by atoms with van der Waals surface area (Å²) in [4.78, 5) is 4.28. The molecule has 2 aromatic rings. The molecule has 17 heavy (non-hydrogen) atoms. The van der Waals surface area contributed by atoms with Crippen LogP contribution in [0.1, 0.15) is 34.4 Å². The number of aryl methyl sites for hydroxylation is 3. The van der Waals surface area contributed by atoms with Crippen LogP contribution < -0.4 is 11.3 Å². The first-order valence-corrected chi connectivity index (χ1v) is 5.57. The molecular formula is C13H17N3O. The van der Waals surface area contributed by atoms with Gasteiger partial charge in [-0.05, 0) is 38.5 Å². The van der Waals surface area contributed by atoms with Crippen molar-refractivity contribution < 1.29 is 4.42 Å². The van der Waals surface area contributed by atoms with Gasteiger partial charge in [0, 0.05) is 17.5 Å². The van der Waals surface area contributed by atoms with Crippen LogP contribution >= 0.6 is 0 Å². The Balaban J connectivity index is 2.39. The SMILES string of the molecule is Cc1ccc(C(NN)c2cc(C)oc2C)cn1. The summed E-state index contributed by atoms with van der Waals surface area (Å²) >= 11 is 0. The lowest BCUT2D eigenvalue weighted by molar-refractivity contribution is 0.495. The molecule has 1 unspecified atom stereocenters. The average molecular weight is 231 g/mol. The molecule has 0 fully saturated rings. The van der Waals surface area contributed by atoms with Crippen LogP contribution in [-0.4, -0.2) is 4.98 Å².